The number of hydrogen-bond donors (Lipinski definition) is 0. The molecule has 196 valence electrons. The molecule has 3 aromatic heterocycles. The van der Waals surface area contributed by atoms with Gasteiger partial charge >= 0.3 is 0 Å². The Hall–Kier alpha value is -4.97. The summed E-state index contributed by atoms with van der Waals surface area (Å²) in [6.45, 7) is 0. The van der Waals surface area contributed by atoms with Gasteiger partial charge in [0.15, 0.2) is 17.5 Å². The summed E-state index contributed by atoms with van der Waals surface area (Å²) in [5.41, 5.74) is 3.06. The lowest BCUT2D eigenvalue weighted by Crippen LogP contribution is -2.01. The van der Waals surface area contributed by atoms with E-state index < -0.39 is 0 Å². The van der Waals surface area contributed by atoms with Crippen molar-refractivity contribution in [2.75, 3.05) is 0 Å². The van der Waals surface area contributed by atoms with Gasteiger partial charge in [-0.2, -0.15) is 0 Å². The average molecular weight is 572 g/mol. The van der Waals surface area contributed by atoms with Gasteiger partial charge in [0.05, 0.1) is 0 Å². The molecule has 0 fully saturated rings. The maximum Gasteiger partial charge on any atom is 0.165 e. The molecule has 0 spiro atoms. The first kappa shape index (κ1) is 23.7. The van der Waals surface area contributed by atoms with Gasteiger partial charge in [0.2, 0.25) is 0 Å². The number of benzene rings is 6. The third kappa shape index (κ3) is 3.61. The Balaban J connectivity index is 1.38. The molecule has 0 bridgehead atoms. The lowest BCUT2D eigenvalue weighted by atomic mass is 10.0. The number of aromatic nitrogens is 3. The van der Waals surface area contributed by atoms with Gasteiger partial charge in [0.25, 0.3) is 0 Å². The van der Waals surface area contributed by atoms with E-state index in [-0.39, 0.29) is 0 Å². The lowest BCUT2D eigenvalue weighted by Gasteiger charge is -2.11. The molecule has 0 saturated heterocycles. The van der Waals surface area contributed by atoms with Crippen LogP contribution in [-0.4, -0.2) is 15.0 Å². The Bertz CT molecular complexity index is 2480. The van der Waals surface area contributed by atoms with E-state index in [2.05, 4.69) is 127 Å². The van der Waals surface area contributed by atoms with Crippen molar-refractivity contribution < 1.29 is 0 Å². The quantitative estimate of drug-likeness (QED) is 0.212. The van der Waals surface area contributed by atoms with Crippen LogP contribution in [0.3, 0.4) is 0 Å². The van der Waals surface area contributed by atoms with Crippen LogP contribution in [0.5, 0.6) is 0 Å². The van der Waals surface area contributed by atoms with E-state index in [1.807, 2.05) is 11.3 Å². The fraction of sp³-hybridized carbons (Fsp3) is 0. The van der Waals surface area contributed by atoms with Gasteiger partial charge < -0.3 is 0 Å². The van der Waals surface area contributed by atoms with E-state index >= 15 is 0 Å². The van der Waals surface area contributed by atoms with Gasteiger partial charge in [-0.15, -0.1) is 22.7 Å². The van der Waals surface area contributed by atoms with Crippen molar-refractivity contribution in [3.63, 3.8) is 0 Å². The van der Waals surface area contributed by atoms with E-state index in [1.54, 1.807) is 11.3 Å². The number of rotatable bonds is 3. The van der Waals surface area contributed by atoms with Crippen molar-refractivity contribution in [1.29, 1.82) is 0 Å². The fourth-order valence-corrected chi connectivity index (χ4v) is 8.39. The summed E-state index contributed by atoms with van der Waals surface area (Å²) in [5, 5.41) is 7.20. The summed E-state index contributed by atoms with van der Waals surface area (Å²) >= 11 is 3.60. The fourth-order valence-electron chi connectivity index (χ4n) is 6.04. The van der Waals surface area contributed by atoms with Crippen LogP contribution in [0.2, 0.25) is 0 Å². The molecule has 6 aromatic carbocycles. The van der Waals surface area contributed by atoms with E-state index in [4.69, 9.17) is 15.0 Å². The van der Waals surface area contributed by atoms with Crippen LogP contribution in [-0.2, 0) is 0 Å². The molecule has 3 heterocycles. The van der Waals surface area contributed by atoms with Crippen LogP contribution in [0.25, 0.3) is 85.3 Å². The second-order valence-corrected chi connectivity index (χ2v) is 12.5. The third-order valence-electron chi connectivity index (χ3n) is 7.95. The summed E-state index contributed by atoms with van der Waals surface area (Å²) in [6.07, 6.45) is 0. The predicted octanol–water partition coefficient (Wildman–Crippen LogP) is 10.8. The highest BCUT2D eigenvalue weighted by molar-refractivity contribution is 7.26. The minimum Gasteiger partial charge on any atom is -0.208 e. The molecule has 0 aliphatic carbocycles. The predicted molar refractivity (Wildman–Crippen MR) is 179 cm³/mol. The molecule has 0 aliphatic rings. The zero-order valence-corrected chi connectivity index (χ0v) is 23.9. The van der Waals surface area contributed by atoms with Crippen LogP contribution in [0.1, 0.15) is 0 Å². The van der Waals surface area contributed by atoms with Crippen molar-refractivity contribution in [3.05, 3.63) is 127 Å². The molecule has 9 aromatic rings. The van der Waals surface area contributed by atoms with Crippen molar-refractivity contribution in [3.8, 4) is 34.2 Å². The minimum atomic E-state index is 0.682. The molecule has 0 unspecified atom stereocenters. The van der Waals surface area contributed by atoms with Gasteiger partial charge in [-0.05, 0) is 35.0 Å². The molecule has 42 heavy (non-hydrogen) atoms. The van der Waals surface area contributed by atoms with E-state index in [0.717, 1.165) is 27.5 Å². The molecular weight excluding hydrogens is 551 g/mol. The third-order valence-corrected chi connectivity index (χ3v) is 10.3. The standard InChI is InChI=1S/C37H21N3S2/c1-2-12-23-22(10-1)11-7-16-26(23)35-38-36(28-17-9-21-32-33(28)27-14-4-6-20-31(27)41-32)40-37(39-35)29-18-8-15-25-24-13-3-5-19-30(24)42-34(25)29/h1-21H. The van der Waals surface area contributed by atoms with Crippen LogP contribution in [0.4, 0.5) is 0 Å². The number of fused-ring (bicyclic) bond motifs is 7. The van der Waals surface area contributed by atoms with Crippen LogP contribution >= 0.6 is 22.7 Å². The van der Waals surface area contributed by atoms with Gasteiger partial charge in [-0.3, -0.25) is 0 Å². The number of thiophene rings is 2. The first-order chi connectivity index (χ1) is 20.8. The summed E-state index contributed by atoms with van der Waals surface area (Å²) < 4.78 is 4.95. The zero-order valence-electron chi connectivity index (χ0n) is 22.3. The average Bonchev–Trinajstić information content (AvgIpc) is 3.63. The minimum absolute atomic E-state index is 0.682. The molecule has 0 atom stereocenters. The van der Waals surface area contributed by atoms with Gasteiger partial charge in [-0.25, -0.2) is 15.0 Å². The molecule has 9 rings (SSSR count). The molecule has 5 heteroatoms. The summed E-state index contributed by atoms with van der Waals surface area (Å²) in [6, 6.07) is 44.8. The normalized spacial score (nSPS) is 11.8. The molecule has 0 saturated carbocycles. The summed E-state index contributed by atoms with van der Waals surface area (Å²) in [5.74, 6) is 2.06. The van der Waals surface area contributed by atoms with Crippen LogP contribution < -0.4 is 0 Å². The Kier molecular flexibility index (Phi) is 5.24. The zero-order chi connectivity index (χ0) is 27.6. The SMILES string of the molecule is c1ccc2c(-c3nc(-c4cccc5c4sc4ccccc45)nc(-c4cccc5sc6ccccc6c45)n3)cccc2c1. The van der Waals surface area contributed by atoms with Crippen molar-refractivity contribution in [1.82, 2.24) is 15.0 Å². The van der Waals surface area contributed by atoms with Crippen molar-refractivity contribution in [2.45, 2.75) is 0 Å². The summed E-state index contributed by atoms with van der Waals surface area (Å²) in [4.78, 5) is 15.6. The Morgan fingerprint density at radius 3 is 1.74 bits per heavy atom. The molecule has 0 amide bonds. The number of hydrogen-bond acceptors (Lipinski definition) is 5. The largest absolute Gasteiger partial charge is 0.208 e. The lowest BCUT2D eigenvalue weighted by molar-refractivity contribution is 1.08. The highest BCUT2D eigenvalue weighted by Gasteiger charge is 2.19. The van der Waals surface area contributed by atoms with Crippen molar-refractivity contribution in [2.24, 2.45) is 0 Å². The molecular formula is C37H21N3S2. The van der Waals surface area contributed by atoms with E-state index in [0.29, 0.717) is 17.5 Å². The van der Waals surface area contributed by atoms with Crippen molar-refractivity contribution >= 4 is 73.8 Å². The molecule has 0 radical (unpaired) electrons. The Labute approximate surface area is 249 Å². The van der Waals surface area contributed by atoms with Gasteiger partial charge in [0.1, 0.15) is 0 Å². The first-order valence-corrected chi connectivity index (χ1v) is 15.5. The van der Waals surface area contributed by atoms with Crippen LogP contribution in [0.15, 0.2) is 127 Å². The number of nitrogens with zero attached hydrogens (tertiary/aromatic N) is 3. The summed E-state index contributed by atoms with van der Waals surface area (Å²) in [7, 11) is 0. The molecule has 3 nitrogen and oxygen atoms in total. The monoisotopic (exact) mass is 571 g/mol. The Morgan fingerprint density at radius 2 is 0.881 bits per heavy atom. The van der Waals surface area contributed by atoms with Gasteiger partial charge in [-0.1, -0.05) is 103 Å². The van der Waals surface area contributed by atoms with E-state index in [1.165, 1.54) is 40.3 Å². The Morgan fingerprint density at radius 1 is 0.357 bits per heavy atom. The molecule has 0 aliphatic heterocycles. The maximum atomic E-state index is 5.23. The highest BCUT2D eigenvalue weighted by atomic mass is 32.1. The molecule has 0 N–H and O–H groups in total. The topological polar surface area (TPSA) is 38.7 Å². The second kappa shape index (κ2) is 9.28. The maximum absolute atomic E-state index is 5.23. The second-order valence-electron chi connectivity index (χ2n) is 10.4. The van der Waals surface area contributed by atoms with E-state index in [9.17, 15) is 0 Å². The smallest absolute Gasteiger partial charge is 0.165 e. The first-order valence-electron chi connectivity index (χ1n) is 13.9. The van der Waals surface area contributed by atoms with Crippen LogP contribution in [0, 0.1) is 0 Å². The van der Waals surface area contributed by atoms with Gasteiger partial charge in [0, 0.05) is 57.0 Å². The highest BCUT2D eigenvalue weighted by Crippen LogP contribution is 2.42.